The molecule has 0 aromatic carbocycles. The lowest BCUT2D eigenvalue weighted by molar-refractivity contribution is -0.136. The van der Waals surface area contributed by atoms with Gasteiger partial charge in [0.15, 0.2) is 0 Å². The molecule has 0 fully saturated rings. The molecule has 1 N–H and O–H groups in total. The molecule has 120 valence electrons. The highest BCUT2D eigenvalue weighted by Crippen LogP contribution is 2.22. The lowest BCUT2D eigenvalue weighted by Crippen LogP contribution is -2.20. The van der Waals surface area contributed by atoms with Gasteiger partial charge in [0.2, 0.25) is 0 Å². The second-order valence-electron chi connectivity index (χ2n) is 4.63. The molecule has 0 aliphatic rings. The van der Waals surface area contributed by atoms with Crippen LogP contribution in [0.2, 0.25) is 0 Å². The van der Waals surface area contributed by atoms with E-state index in [1.807, 2.05) is 6.92 Å². The summed E-state index contributed by atoms with van der Waals surface area (Å²) in [6, 6.07) is 3.51. The Morgan fingerprint density at radius 3 is 2.67 bits per heavy atom. The highest BCUT2D eigenvalue weighted by atomic mass is 19.4. The van der Waals surface area contributed by atoms with Gasteiger partial charge in [-0.1, -0.05) is 0 Å². The third-order valence-electron chi connectivity index (χ3n) is 2.71. The van der Waals surface area contributed by atoms with Gasteiger partial charge in [0.05, 0.1) is 18.9 Å². The first-order chi connectivity index (χ1) is 9.92. The van der Waals surface area contributed by atoms with Crippen molar-refractivity contribution in [3.63, 3.8) is 0 Å². The van der Waals surface area contributed by atoms with Gasteiger partial charge < -0.3 is 14.8 Å². The fourth-order valence-electron chi connectivity index (χ4n) is 1.69. The van der Waals surface area contributed by atoms with Gasteiger partial charge in [-0.25, -0.2) is 0 Å². The SMILES string of the molecule is COCCNCc1nc(C)ccc1OCCCC(F)(F)F. The minimum absolute atomic E-state index is 0.0231. The van der Waals surface area contributed by atoms with E-state index in [4.69, 9.17) is 9.47 Å². The van der Waals surface area contributed by atoms with Crippen molar-refractivity contribution >= 4 is 0 Å². The lowest BCUT2D eigenvalue weighted by atomic mass is 10.2. The van der Waals surface area contributed by atoms with Crippen molar-refractivity contribution in [1.29, 1.82) is 0 Å². The van der Waals surface area contributed by atoms with Crippen molar-refractivity contribution in [2.75, 3.05) is 26.9 Å². The number of nitrogens with one attached hydrogen (secondary N) is 1. The molecular formula is C14H21F3N2O2. The Labute approximate surface area is 122 Å². The first-order valence-electron chi connectivity index (χ1n) is 6.78. The summed E-state index contributed by atoms with van der Waals surface area (Å²) in [6.45, 7) is 3.61. The third-order valence-corrected chi connectivity index (χ3v) is 2.71. The number of halogens is 3. The zero-order chi connectivity index (χ0) is 15.7. The summed E-state index contributed by atoms with van der Waals surface area (Å²) in [5.41, 5.74) is 1.53. The Morgan fingerprint density at radius 2 is 2.00 bits per heavy atom. The number of aromatic nitrogens is 1. The predicted molar refractivity (Wildman–Crippen MR) is 73.3 cm³/mol. The van der Waals surface area contributed by atoms with Gasteiger partial charge in [0.25, 0.3) is 0 Å². The van der Waals surface area contributed by atoms with Gasteiger partial charge in [-0.3, -0.25) is 4.98 Å². The number of hydrogen-bond acceptors (Lipinski definition) is 4. The second-order valence-corrected chi connectivity index (χ2v) is 4.63. The van der Waals surface area contributed by atoms with Gasteiger partial charge in [-0.2, -0.15) is 13.2 Å². The van der Waals surface area contributed by atoms with Crippen LogP contribution >= 0.6 is 0 Å². The Hall–Kier alpha value is -1.34. The number of alkyl halides is 3. The molecule has 7 heteroatoms. The molecule has 0 saturated carbocycles. The van der Waals surface area contributed by atoms with E-state index in [2.05, 4.69) is 10.3 Å². The van der Waals surface area contributed by atoms with Crippen LogP contribution in [0.4, 0.5) is 13.2 Å². The molecule has 0 atom stereocenters. The van der Waals surface area contributed by atoms with E-state index >= 15 is 0 Å². The molecule has 1 aromatic heterocycles. The number of rotatable bonds is 9. The first-order valence-corrected chi connectivity index (χ1v) is 6.78. The quantitative estimate of drug-likeness (QED) is 0.713. The van der Waals surface area contributed by atoms with Gasteiger partial charge >= 0.3 is 6.18 Å². The molecule has 0 bridgehead atoms. The highest BCUT2D eigenvalue weighted by molar-refractivity contribution is 5.29. The summed E-state index contributed by atoms with van der Waals surface area (Å²) in [6.07, 6.45) is -5.04. The number of ether oxygens (including phenoxy) is 2. The fraction of sp³-hybridized carbons (Fsp3) is 0.643. The third kappa shape index (κ3) is 7.87. The highest BCUT2D eigenvalue weighted by Gasteiger charge is 2.26. The van der Waals surface area contributed by atoms with Gasteiger partial charge in [-0.05, 0) is 25.5 Å². The fourth-order valence-corrected chi connectivity index (χ4v) is 1.69. The maximum Gasteiger partial charge on any atom is 0.389 e. The maximum atomic E-state index is 12.1. The summed E-state index contributed by atoms with van der Waals surface area (Å²) in [7, 11) is 1.61. The molecule has 1 aromatic rings. The topological polar surface area (TPSA) is 43.4 Å². The Morgan fingerprint density at radius 1 is 1.24 bits per heavy atom. The molecule has 21 heavy (non-hydrogen) atoms. The van der Waals surface area contributed by atoms with E-state index in [0.29, 0.717) is 31.1 Å². The molecule has 4 nitrogen and oxygen atoms in total. The standard InChI is InChI=1S/C14H21F3N2O2/c1-11-4-5-13(21-8-3-6-14(15,16)17)12(19-11)10-18-7-9-20-2/h4-5,18H,3,6-10H2,1-2H3. The summed E-state index contributed by atoms with van der Waals surface area (Å²) in [4.78, 5) is 4.35. The molecule has 1 heterocycles. The van der Waals surface area contributed by atoms with Crippen LogP contribution in [0, 0.1) is 6.92 Å². The molecular weight excluding hydrogens is 285 g/mol. The summed E-state index contributed by atoms with van der Waals surface area (Å²) < 4.78 is 46.5. The normalized spacial score (nSPS) is 11.7. The summed E-state index contributed by atoms with van der Waals surface area (Å²) in [5.74, 6) is 0.521. The molecule has 0 aliphatic heterocycles. The van der Waals surface area contributed by atoms with Crippen molar-refractivity contribution in [1.82, 2.24) is 10.3 Å². The lowest BCUT2D eigenvalue weighted by Gasteiger charge is -2.13. The molecule has 0 unspecified atom stereocenters. The van der Waals surface area contributed by atoms with E-state index in [1.54, 1.807) is 19.2 Å². The summed E-state index contributed by atoms with van der Waals surface area (Å²) >= 11 is 0. The number of nitrogens with zero attached hydrogens (tertiary/aromatic N) is 1. The Balaban J connectivity index is 2.48. The molecule has 0 amide bonds. The minimum Gasteiger partial charge on any atom is -0.492 e. The number of hydrogen-bond donors (Lipinski definition) is 1. The van der Waals surface area contributed by atoms with Gasteiger partial charge in [-0.15, -0.1) is 0 Å². The van der Waals surface area contributed by atoms with Crippen LogP contribution in [-0.4, -0.2) is 38.0 Å². The van der Waals surface area contributed by atoms with Crippen LogP contribution in [0.25, 0.3) is 0 Å². The Bertz CT molecular complexity index is 425. The average molecular weight is 306 g/mol. The van der Waals surface area contributed by atoms with Crippen molar-refractivity contribution in [2.24, 2.45) is 0 Å². The van der Waals surface area contributed by atoms with Crippen LogP contribution in [0.5, 0.6) is 5.75 Å². The van der Waals surface area contributed by atoms with Crippen molar-refractivity contribution in [3.8, 4) is 5.75 Å². The predicted octanol–water partition coefficient (Wildman–Crippen LogP) is 2.85. The van der Waals surface area contributed by atoms with E-state index in [1.165, 1.54) is 0 Å². The van der Waals surface area contributed by atoms with Crippen LogP contribution < -0.4 is 10.1 Å². The molecule has 0 saturated heterocycles. The van der Waals surface area contributed by atoms with Crippen molar-refractivity contribution in [2.45, 2.75) is 32.5 Å². The molecule has 0 aliphatic carbocycles. The number of methoxy groups -OCH3 is 1. The van der Waals surface area contributed by atoms with Crippen molar-refractivity contribution < 1.29 is 22.6 Å². The maximum absolute atomic E-state index is 12.1. The minimum atomic E-state index is -4.14. The van der Waals surface area contributed by atoms with Crippen LogP contribution in [0.3, 0.4) is 0 Å². The zero-order valence-corrected chi connectivity index (χ0v) is 12.3. The first kappa shape index (κ1) is 17.7. The molecule has 0 radical (unpaired) electrons. The van der Waals surface area contributed by atoms with Crippen LogP contribution in [0.1, 0.15) is 24.2 Å². The average Bonchev–Trinajstić information content (AvgIpc) is 2.40. The van der Waals surface area contributed by atoms with E-state index < -0.39 is 12.6 Å². The Kier molecular flexibility index (Phi) is 7.45. The van der Waals surface area contributed by atoms with E-state index in [9.17, 15) is 13.2 Å². The van der Waals surface area contributed by atoms with Crippen LogP contribution in [-0.2, 0) is 11.3 Å². The summed E-state index contributed by atoms with van der Waals surface area (Å²) in [5, 5.41) is 3.14. The smallest absolute Gasteiger partial charge is 0.389 e. The zero-order valence-electron chi connectivity index (χ0n) is 12.3. The largest absolute Gasteiger partial charge is 0.492 e. The van der Waals surface area contributed by atoms with Gasteiger partial charge in [0, 0.05) is 32.3 Å². The number of pyridine rings is 1. The monoisotopic (exact) mass is 306 g/mol. The molecule has 0 spiro atoms. The van der Waals surface area contributed by atoms with Crippen molar-refractivity contribution in [3.05, 3.63) is 23.5 Å². The van der Waals surface area contributed by atoms with Crippen LogP contribution in [0.15, 0.2) is 12.1 Å². The number of aryl methyl sites for hydroxylation is 1. The van der Waals surface area contributed by atoms with E-state index in [0.717, 1.165) is 5.69 Å². The second kappa shape index (κ2) is 8.84. The molecule has 1 rings (SSSR count). The van der Waals surface area contributed by atoms with Gasteiger partial charge in [0.1, 0.15) is 5.75 Å². The van der Waals surface area contributed by atoms with E-state index in [-0.39, 0.29) is 13.0 Å².